The first kappa shape index (κ1) is 20.4. The number of aryl methyl sites for hydroxylation is 1. The normalized spacial score (nSPS) is 10.9. The zero-order chi connectivity index (χ0) is 21.8. The monoisotopic (exact) mass is 416 g/mol. The molecule has 0 saturated heterocycles. The minimum Gasteiger partial charge on any atom is -0.494 e. The number of nitrogens with zero attached hydrogens (tertiary/aromatic N) is 3. The van der Waals surface area contributed by atoms with Gasteiger partial charge in [-0.3, -0.25) is 9.59 Å². The molecule has 0 unspecified atom stereocenters. The fourth-order valence-electron chi connectivity index (χ4n) is 3.30. The first-order chi connectivity index (χ1) is 15.0. The minimum atomic E-state index is -0.266. The molecule has 4 aromatic rings. The molecule has 0 aliphatic carbocycles. The van der Waals surface area contributed by atoms with Crippen molar-refractivity contribution in [2.24, 2.45) is 0 Å². The van der Waals surface area contributed by atoms with Gasteiger partial charge in [-0.05, 0) is 49.7 Å². The van der Waals surface area contributed by atoms with E-state index in [1.54, 1.807) is 18.5 Å². The van der Waals surface area contributed by atoms with Gasteiger partial charge in [0.1, 0.15) is 17.8 Å². The number of ether oxygens (including phenoxy) is 1. The summed E-state index contributed by atoms with van der Waals surface area (Å²) in [5.74, 6) is 0.562. The van der Waals surface area contributed by atoms with Gasteiger partial charge in [0, 0.05) is 24.5 Å². The van der Waals surface area contributed by atoms with E-state index in [-0.39, 0.29) is 18.0 Å². The third kappa shape index (κ3) is 4.66. The Hall–Kier alpha value is -3.87. The third-order valence-corrected chi connectivity index (χ3v) is 4.99. The second-order valence-corrected chi connectivity index (χ2v) is 7.31. The van der Waals surface area contributed by atoms with E-state index in [0.717, 1.165) is 16.9 Å². The Kier molecular flexibility index (Phi) is 5.84. The van der Waals surface area contributed by atoms with Crippen LogP contribution in [-0.4, -0.2) is 26.7 Å². The van der Waals surface area contributed by atoms with Crippen LogP contribution in [0, 0.1) is 6.92 Å². The second-order valence-electron chi connectivity index (χ2n) is 7.31. The van der Waals surface area contributed by atoms with E-state index in [4.69, 9.17) is 4.74 Å². The van der Waals surface area contributed by atoms with Crippen molar-refractivity contribution in [3.8, 4) is 17.0 Å². The van der Waals surface area contributed by atoms with E-state index in [0.29, 0.717) is 24.4 Å². The van der Waals surface area contributed by atoms with Crippen molar-refractivity contribution in [3.05, 3.63) is 88.5 Å². The molecule has 0 bridgehead atoms. The maximum Gasteiger partial charge on any atom is 0.277 e. The summed E-state index contributed by atoms with van der Waals surface area (Å²) >= 11 is 0. The van der Waals surface area contributed by atoms with Crippen molar-refractivity contribution in [2.45, 2.75) is 26.9 Å². The van der Waals surface area contributed by atoms with Gasteiger partial charge in [0.05, 0.1) is 12.3 Å². The number of benzene rings is 2. The lowest BCUT2D eigenvalue weighted by atomic mass is 10.1. The highest BCUT2D eigenvalue weighted by molar-refractivity contribution is 5.76. The van der Waals surface area contributed by atoms with Crippen LogP contribution in [0.3, 0.4) is 0 Å². The van der Waals surface area contributed by atoms with Crippen molar-refractivity contribution in [3.63, 3.8) is 0 Å². The highest BCUT2D eigenvalue weighted by atomic mass is 16.5. The molecule has 0 aliphatic heterocycles. The molecule has 2 aromatic carbocycles. The van der Waals surface area contributed by atoms with Crippen LogP contribution >= 0.6 is 0 Å². The first-order valence-electron chi connectivity index (χ1n) is 10.2. The molecule has 0 radical (unpaired) electrons. The molecule has 1 N–H and O–H groups in total. The number of hydrogen-bond donors (Lipinski definition) is 1. The van der Waals surface area contributed by atoms with Crippen LogP contribution < -0.4 is 15.6 Å². The molecule has 7 nitrogen and oxygen atoms in total. The summed E-state index contributed by atoms with van der Waals surface area (Å²) in [6.45, 7) is 4.92. The van der Waals surface area contributed by atoms with Crippen LogP contribution in [-0.2, 0) is 17.9 Å². The summed E-state index contributed by atoms with van der Waals surface area (Å²) in [5.41, 5.74) is 3.89. The molecule has 0 aliphatic rings. The lowest BCUT2D eigenvalue weighted by Crippen LogP contribution is -2.32. The van der Waals surface area contributed by atoms with Gasteiger partial charge in [-0.25, -0.2) is 4.52 Å². The van der Waals surface area contributed by atoms with Crippen LogP contribution in [0.1, 0.15) is 18.1 Å². The smallest absolute Gasteiger partial charge is 0.277 e. The highest BCUT2D eigenvalue weighted by Crippen LogP contribution is 2.21. The number of carbonyl (C=O) groups excluding carboxylic acids is 1. The Morgan fingerprint density at radius 1 is 1.06 bits per heavy atom. The number of amides is 1. The third-order valence-electron chi connectivity index (χ3n) is 4.99. The van der Waals surface area contributed by atoms with Gasteiger partial charge in [0.25, 0.3) is 5.56 Å². The standard InChI is InChI=1S/C24H24N4O3/c1-3-31-20-10-8-19(9-11-20)21-14-22-24(30)27(12-13-28(22)26-21)16-23(29)25-15-18-6-4-17(2)5-7-18/h4-14H,3,15-16H2,1-2H3,(H,25,29). The van der Waals surface area contributed by atoms with Crippen LogP contribution in [0.4, 0.5) is 0 Å². The SMILES string of the molecule is CCOc1ccc(-c2cc3c(=O)n(CC(=O)NCc4ccc(C)cc4)ccn3n2)cc1. The van der Waals surface area contributed by atoms with Gasteiger partial charge >= 0.3 is 0 Å². The van der Waals surface area contributed by atoms with Crippen LogP contribution in [0.2, 0.25) is 0 Å². The van der Waals surface area contributed by atoms with E-state index >= 15 is 0 Å². The molecule has 0 spiro atoms. The highest BCUT2D eigenvalue weighted by Gasteiger charge is 2.11. The van der Waals surface area contributed by atoms with Crippen LogP contribution in [0.25, 0.3) is 16.8 Å². The van der Waals surface area contributed by atoms with E-state index in [1.807, 2.05) is 62.4 Å². The number of hydrogen-bond acceptors (Lipinski definition) is 4. The van der Waals surface area contributed by atoms with Gasteiger partial charge in [0.15, 0.2) is 0 Å². The van der Waals surface area contributed by atoms with E-state index in [2.05, 4.69) is 10.4 Å². The van der Waals surface area contributed by atoms with Crippen molar-refractivity contribution < 1.29 is 9.53 Å². The largest absolute Gasteiger partial charge is 0.494 e. The predicted molar refractivity (Wildman–Crippen MR) is 119 cm³/mol. The van der Waals surface area contributed by atoms with Crippen LogP contribution in [0.5, 0.6) is 5.75 Å². The second kappa shape index (κ2) is 8.87. The fraction of sp³-hybridized carbons (Fsp3) is 0.208. The average Bonchev–Trinajstić information content (AvgIpc) is 3.21. The Morgan fingerprint density at radius 3 is 2.52 bits per heavy atom. The van der Waals surface area contributed by atoms with Crippen molar-refractivity contribution >= 4 is 11.4 Å². The van der Waals surface area contributed by atoms with Gasteiger partial charge in [-0.15, -0.1) is 0 Å². The maximum atomic E-state index is 12.9. The van der Waals surface area contributed by atoms with Crippen molar-refractivity contribution in [1.82, 2.24) is 19.5 Å². The molecule has 31 heavy (non-hydrogen) atoms. The Morgan fingerprint density at radius 2 is 1.81 bits per heavy atom. The number of fused-ring (bicyclic) bond motifs is 1. The summed E-state index contributed by atoms with van der Waals surface area (Å²) in [4.78, 5) is 25.2. The molecule has 0 fully saturated rings. The molecule has 4 rings (SSSR count). The maximum absolute atomic E-state index is 12.9. The number of rotatable bonds is 7. The van der Waals surface area contributed by atoms with Gasteiger partial charge in [-0.2, -0.15) is 5.10 Å². The molecule has 158 valence electrons. The zero-order valence-corrected chi connectivity index (χ0v) is 17.5. The molecule has 0 atom stereocenters. The molecule has 2 aromatic heterocycles. The molecule has 2 heterocycles. The number of nitrogens with one attached hydrogen (secondary N) is 1. The Labute approximate surface area is 179 Å². The predicted octanol–water partition coefficient (Wildman–Crippen LogP) is 3.19. The molecule has 1 amide bonds. The fourth-order valence-corrected chi connectivity index (χ4v) is 3.30. The van der Waals surface area contributed by atoms with Gasteiger partial charge in [0.2, 0.25) is 5.91 Å². The van der Waals surface area contributed by atoms with Crippen LogP contribution in [0.15, 0.2) is 71.8 Å². The van der Waals surface area contributed by atoms with Gasteiger partial charge in [-0.1, -0.05) is 29.8 Å². The summed E-state index contributed by atoms with van der Waals surface area (Å²) in [6.07, 6.45) is 3.26. The summed E-state index contributed by atoms with van der Waals surface area (Å²) in [5, 5.41) is 7.34. The summed E-state index contributed by atoms with van der Waals surface area (Å²) in [7, 11) is 0. The number of carbonyl (C=O) groups is 1. The van der Waals surface area contributed by atoms with Gasteiger partial charge < -0.3 is 14.6 Å². The first-order valence-corrected chi connectivity index (χ1v) is 10.2. The summed E-state index contributed by atoms with van der Waals surface area (Å²) in [6, 6.07) is 17.2. The topological polar surface area (TPSA) is 77.6 Å². The quantitative estimate of drug-likeness (QED) is 0.502. The lowest BCUT2D eigenvalue weighted by Gasteiger charge is -2.08. The average molecular weight is 416 g/mol. The molecule has 0 saturated carbocycles. The number of aromatic nitrogens is 3. The summed E-state index contributed by atoms with van der Waals surface area (Å²) < 4.78 is 8.39. The van der Waals surface area contributed by atoms with E-state index in [9.17, 15) is 9.59 Å². The van der Waals surface area contributed by atoms with Crippen molar-refractivity contribution in [1.29, 1.82) is 0 Å². The van der Waals surface area contributed by atoms with E-state index in [1.165, 1.54) is 14.6 Å². The Balaban J connectivity index is 1.49. The lowest BCUT2D eigenvalue weighted by molar-refractivity contribution is -0.121. The van der Waals surface area contributed by atoms with E-state index < -0.39 is 0 Å². The molecule has 7 heteroatoms. The minimum absolute atomic E-state index is 0.0508. The Bertz CT molecular complexity index is 1250. The molecular weight excluding hydrogens is 392 g/mol. The molecular formula is C24H24N4O3. The van der Waals surface area contributed by atoms with Crippen molar-refractivity contribution in [2.75, 3.05) is 6.61 Å². The zero-order valence-electron chi connectivity index (χ0n) is 17.5.